The molecule has 1 aliphatic rings. The fourth-order valence-electron chi connectivity index (χ4n) is 2.38. The number of hydrogen-bond donors (Lipinski definition) is 1. The standard InChI is InChI=1S/C16H16BF2N3/c1-2-3-5-11(10-6-4-7-12(18)13(10)19)14(20)15-16(17)22-9-8-21-15/h2,4,7-9,14H,1,3,5-6,20H2/b11-10-/t14-/m0/s1. The van der Waals surface area contributed by atoms with Crippen LogP contribution in [0.2, 0.25) is 0 Å². The van der Waals surface area contributed by atoms with Crippen molar-refractivity contribution >= 4 is 13.4 Å². The molecule has 0 aliphatic heterocycles. The van der Waals surface area contributed by atoms with Crippen LogP contribution in [0.1, 0.15) is 31.0 Å². The highest BCUT2D eigenvalue weighted by Crippen LogP contribution is 2.35. The molecule has 0 spiro atoms. The summed E-state index contributed by atoms with van der Waals surface area (Å²) in [5.41, 5.74) is 7.56. The van der Waals surface area contributed by atoms with Crippen molar-refractivity contribution in [2.75, 3.05) is 0 Å². The molecule has 2 radical (unpaired) electrons. The second kappa shape index (κ2) is 7.27. The van der Waals surface area contributed by atoms with Crippen molar-refractivity contribution in [2.24, 2.45) is 5.73 Å². The Bertz CT molecular complexity index is 665. The normalized spacial score (nSPS) is 18.3. The average Bonchev–Trinajstić information content (AvgIpc) is 2.51. The van der Waals surface area contributed by atoms with Gasteiger partial charge in [-0.1, -0.05) is 12.2 Å². The van der Waals surface area contributed by atoms with Crippen molar-refractivity contribution in [3.05, 3.63) is 65.7 Å². The third-order valence-corrected chi connectivity index (χ3v) is 3.49. The second-order valence-corrected chi connectivity index (χ2v) is 4.90. The summed E-state index contributed by atoms with van der Waals surface area (Å²) in [5.74, 6) is -1.77. The van der Waals surface area contributed by atoms with Crippen LogP contribution in [-0.4, -0.2) is 17.8 Å². The molecule has 1 aromatic rings. The number of rotatable bonds is 5. The molecule has 1 aliphatic carbocycles. The summed E-state index contributed by atoms with van der Waals surface area (Å²) in [7, 11) is 5.79. The van der Waals surface area contributed by atoms with Gasteiger partial charge in [-0.25, -0.2) is 8.78 Å². The molecule has 112 valence electrons. The van der Waals surface area contributed by atoms with Crippen LogP contribution in [0.25, 0.3) is 0 Å². The maximum Gasteiger partial charge on any atom is 0.162 e. The lowest BCUT2D eigenvalue weighted by atomic mass is 9.87. The minimum atomic E-state index is -0.892. The van der Waals surface area contributed by atoms with E-state index in [4.69, 9.17) is 13.6 Å². The monoisotopic (exact) mass is 299 g/mol. The number of aromatic nitrogens is 2. The third-order valence-electron chi connectivity index (χ3n) is 3.49. The van der Waals surface area contributed by atoms with Gasteiger partial charge in [-0.3, -0.25) is 9.97 Å². The zero-order chi connectivity index (χ0) is 16.1. The fraction of sp³-hybridized carbons (Fsp3) is 0.250. The molecule has 6 heteroatoms. The molecule has 0 unspecified atom stereocenters. The molecular formula is C16H16BF2N3. The first kappa shape index (κ1) is 16.3. The van der Waals surface area contributed by atoms with Gasteiger partial charge in [-0.05, 0) is 36.5 Å². The van der Waals surface area contributed by atoms with Crippen LogP contribution >= 0.6 is 0 Å². The maximum absolute atomic E-state index is 14.1. The third kappa shape index (κ3) is 3.39. The Labute approximate surface area is 129 Å². The van der Waals surface area contributed by atoms with E-state index in [1.54, 1.807) is 12.2 Å². The number of hydrogen-bond acceptors (Lipinski definition) is 3. The summed E-state index contributed by atoms with van der Waals surface area (Å²) < 4.78 is 27.7. The van der Waals surface area contributed by atoms with Crippen molar-refractivity contribution in [3.63, 3.8) is 0 Å². The number of halogens is 2. The van der Waals surface area contributed by atoms with Gasteiger partial charge in [-0.15, -0.1) is 6.58 Å². The van der Waals surface area contributed by atoms with E-state index in [1.165, 1.54) is 12.4 Å². The highest BCUT2D eigenvalue weighted by molar-refractivity contribution is 6.31. The summed E-state index contributed by atoms with van der Waals surface area (Å²) in [5, 5.41) is 0. The summed E-state index contributed by atoms with van der Waals surface area (Å²) in [6.07, 6.45) is 8.61. The average molecular weight is 299 g/mol. The van der Waals surface area contributed by atoms with Gasteiger partial charge in [0.1, 0.15) is 7.85 Å². The van der Waals surface area contributed by atoms with Crippen molar-refractivity contribution in [3.8, 4) is 0 Å². The van der Waals surface area contributed by atoms with Crippen LogP contribution < -0.4 is 11.3 Å². The Morgan fingerprint density at radius 1 is 1.41 bits per heavy atom. The zero-order valence-electron chi connectivity index (χ0n) is 12.1. The largest absolute Gasteiger partial charge is 0.319 e. The van der Waals surface area contributed by atoms with E-state index < -0.39 is 17.7 Å². The van der Waals surface area contributed by atoms with E-state index in [1.807, 2.05) is 0 Å². The Balaban J connectivity index is 2.49. The molecule has 1 atom stereocenters. The first-order valence-electron chi connectivity index (χ1n) is 6.93. The van der Waals surface area contributed by atoms with E-state index in [9.17, 15) is 8.78 Å². The Hall–Kier alpha value is -2.08. The highest BCUT2D eigenvalue weighted by Gasteiger charge is 2.23. The molecule has 1 aromatic heterocycles. The van der Waals surface area contributed by atoms with Gasteiger partial charge >= 0.3 is 0 Å². The van der Waals surface area contributed by atoms with Crippen LogP contribution in [0.5, 0.6) is 0 Å². The van der Waals surface area contributed by atoms with Gasteiger partial charge in [0.25, 0.3) is 0 Å². The number of allylic oxidation sites excluding steroid dienone is 6. The van der Waals surface area contributed by atoms with Gasteiger partial charge in [0.2, 0.25) is 0 Å². The van der Waals surface area contributed by atoms with Gasteiger partial charge < -0.3 is 5.73 Å². The van der Waals surface area contributed by atoms with Crippen molar-refractivity contribution in [1.82, 2.24) is 9.97 Å². The van der Waals surface area contributed by atoms with Gasteiger partial charge in [0.15, 0.2) is 11.7 Å². The molecule has 0 saturated heterocycles. The zero-order valence-corrected chi connectivity index (χ0v) is 12.1. The fourth-order valence-corrected chi connectivity index (χ4v) is 2.38. The smallest absolute Gasteiger partial charge is 0.162 e. The van der Waals surface area contributed by atoms with Crippen LogP contribution in [0.3, 0.4) is 0 Å². The summed E-state index contributed by atoms with van der Waals surface area (Å²) in [6.45, 7) is 3.65. The van der Waals surface area contributed by atoms with E-state index in [0.29, 0.717) is 24.1 Å². The van der Waals surface area contributed by atoms with E-state index in [2.05, 4.69) is 16.5 Å². The van der Waals surface area contributed by atoms with Gasteiger partial charge in [0, 0.05) is 18.0 Å². The second-order valence-electron chi connectivity index (χ2n) is 4.90. The van der Waals surface area contributed by atoms with E-state index in [0.717, 1.165) is 6.08 Å². The first-order valence-corrected chi connectivity index (χ1v) is 6.93. The molecule has 0 aromatic carbocycles. The molecule has 1 heterocycles. The highest BCUT2D eigenvalue weighted by atomic mass is 19.2. The molecule has 2 rings (SSSR count). The predicted octanol–water partition coefficient (Wildman–Crippen LogP) is 2.64. The van der Waals surface area contributed by atoms with Crippen molar-refractivity contribution in [1.29, 1.82) is 0 Å². The van der Waals surface area contributed by atoms with Gasteiger partial charge in [-0.2, -0.15) is 0 Å². The van der Waals surface area contributed by atoms with Gasteiger partial charge in [0.05, 0.1) is 11.7 Å². The summed E-state index contributed by atoms with van der Waals surface area (Å²) in [6, 6.07) is -0.742. The minimum absolute atomic E-state index is 0.183. The van der Waals surface area contributed by atoms with E-state index >= 15 is 0 Å². The SMILES string of the molecule is [B]c1nccnc1[C@@H](N)/C(CCC=C)=C1/CC=CC(F)=C1F. The first-order chi connectivity index (χ1) is 10.6. The summed E-state index contributed by atoms with van der Waals surface area (Å²) in [4.78, 5) is 8.06. The Kier molecular flexibility index (Phi) is 5.38. The molecule has 0 fully saturated rings. The molecule has 0 bridgehead atoms. The van der Waals surface area contributed by atoms with Crippen LogP contribution in [0, 0.1) is 0 Å². The molecule has 0 amide bonds. The molecular weight excluding hydrogens is 283 g/mol. The number of nitrogens with two attached hydrogens (primary N) is 1. The number of nitrogens with zero attached hydrogens (tertiary/aromatic N) is 2. The summed E-state index contributed by atoms with van der Waals surface area (Å²) >= 11 is 0. The molecule has 0 saturated carbocycles. The lowest BCUT2D eigenvalue weighted by Gasteiger charge is -2.22. The van der Waals surface area contributed by atoms with Crippen LogP contribution in [0.4, 0.5) is 8.78 Å². The molecule has 3 nitrogen and oxygen atoms in total. The quantitative estimate of drug-likeness (QED) is 0.671. The van der Waals surface area contributed by atoms with Crippen molar-refractivity contribution in [2.45, 2.75) is 25.3 Å². The topological polar surface area (TPSA) is 51.8 Å². The predicted molar refractivity (Wildman–Crippen MR) is 83.8 cm³/mol. The molecule has 2 N–H and O–H groups in total. The maximum atomic E-state index is 14.1. The van der Waals surface area contributed by atoms with Crippen LogP contribution in [-0.2, 0) is 0 Å². The minimum Gasteiger partial charge on any atom is -0.319 e. The lowest BCUT2D eigenvalue weighted by Crippen LogP contribution is -2.27. The van der Waals surface area contributed by atoms with Crippen molar-refractivity contribution < 1.29 is 8.78 Å². The Morgan fingerprint density at radius 3 is 2.82 bits per heavy atom. The lowest BCUT2D eigenvalue weighted by molar-refractivity contribution is 0.548. The Morgan fingerprint density at radius 2 is 2.14 bits per heavy atom. The van der Waals surface area contributed by atoms with Crippen LogP contribution in [0.15, 0.2) is 60.0 Å². The van der Waals surface area contributed by atoms with E-state index in [-0.39, 0.29) is 17.6 Å². The molecule has 22 heavy (non-hydrogen) atoms.